The lowest BCUT2D eigenvalue weighted by Gasteiger charge is -2.08. The van der Waals surface area contributed by atoms with Crippen LogP contribution in [0.4, 0.5) is 0 Å². The number of carboxylic acid groups (broad SMARTS) is 1. The highest BCUT2D eigenvalue weighted by atomic mass is 79.9. The SMILES string of the molecule is CCCCc1ccc2nc(-c3cc4cc(Br)ccc4o3)cc(C(=O)O)c2c1. The zero-order valence-corrected chi connectivity index (χ0v) is 16.4. The van der Waals surface area contributed by atoms with Gasteiger partial charge in [0.05, 0.1) is 11.1 Å². The maximum atomic E-state index is 11.9. The Morgan fingerprint density at radius 3 is 2.78 bits per heavy atom. The second kappa shape index (κ2) is 7.16. The molecule has 136 valence electrons. The molecule has 0 radical (unpaired) electrons. The molecule has 0 saturated carbocycles. The van der Waals surface area contributed by atoms with Crippen molar-refractivity contribution < 1.29 is 14.3 Å². The Hall–Kier alpha value is -2.66. The Morgan fingerprint density at radius 2 is 2.00 bits per heavy atom. The Kier molecular flexibility index (Phi) is 4.70. The van der Waals surface area contributed by atoms with Crippen LogP contribution in [0.15, 0.2) is 57.4 Å². The summed E-state index contributed by atoms with van der Waals surface area (Å²) in [6.07, 6.45) is 3.11. The summed E-state index contributed by atoms with van der Waals surface area (Å²) in [5.41, 5.74) is 3.30. The molecule has 0 aliphatic rings. The van der Waals surface area contributed by atoms with E-state index >= 15 is 0 Å². The summed E-state index contributed by atoms with van der Waals surface area (Å²) in [6.45, 7) is 2.14. The van der Waals surface area contributed by atoms with Gasteiger partial charge in [-0.3, -0.25) is 0 Å². The van der Waals surface area contributed by atoms with Crippen LogP contribution in [-0.2, 0) is 6.42 Å². The van der Waals surface area contributed by atoms with Crippen molar-refractivity contribution in [3.63, 3.8) is 0 Å². The minimum atomic E-state index is -0.963. The van der Waals surface area contributed by atoms with E-state index in [1.54, 1.807) is 6.07 Å². The van der Waals surface area contributed by atoms with Crippen LogP contribution in [0.25, 0.3) is 33.3 Å². The minimum absolute atomic E-state index is 0.245. The number of aromatic carboxylic acids is 1. The predicted molar refractivity (Wildman–Crippen MR) is 110 cm³/mol. The van der Waals surface area contributed by atoms with Gasteiger partial charge in [0.25, 0.3) is 0 Å². The fourth-order valence-electron chi connectivity index (χ4n) is 3.25. The van der Waals surface area contributed by atoms with Gasteiger partial charge < -0.3 is 9.52 Å². The first-order chi connectivity index (χ1) is 13.0. The molecule has 0 saturated heterocycles. The molecule has 0 fully saturated rings. The number of pyridine rings is 1. The van der Waals surface area contributed by atoms with Crippen molar-refractivity contribution in [2.75, 3.05) is 0 Å². The Balaban J connectivity index is 1.86. The molecule has 27 heavy (non-hydrogen) atoms. The van der Waals surface area contributed by atoms with E-state index in [9.17, 15) is 9.90 Å². The van der Waals surface area contributed by atoms with Crippen LogP contribution in [0.2, 0.25) is 0 Å². The van der Waals surface area contributed by atoms with E-state index in [-0.39, 0.29) is 5.56 Å². The monoisotopic (exact) mass is 423 g/mol. The normalized spacial score (nSPS) is 11.3. The lowest BCUT2D eigenvalue weighted by molar-refractivity contribution is 0.0699. The summed E-state index contributed by atoms with van der Waals surface area (Å²) in [7, 11) is 0. The number of halogens is 1. The first kappa shape index (κ1) is 17.7. The molecular weight excluding hydrogens is 406 g/mol. The largest absolute Gasteiger partial charge is 0.478 e. The molecule has 2 aromatic carbocycles. The number of carbonyl (C=O) groups is 1. The zero-order valence-electron chi connectivity index (χ0n) is 14.8. The van der Waals surface area contributed by atoms with Gasteiger partial charge in [-0.05, 0) is 60.9 Å². The fourth-order valence-corrected chi connectivity index (χ4v) is 3.63. The van der Waals surface area contributed by atoms with E-state index in [1.807, 2.05) is 42.5 Å². The zero-order chi connectivity index (χ0) is 19.0. The number of aryl methyl sites for hydroxylation is 1. The average molecular weight is 424 g/mol. The lowest BCUT2D eigenvalue weighted by Crippen LogP contribution is -2.01. The third-order valence-corrected chi connectivity index (χ3v) is 5.15. The number of hydrogen-bond donors (Lipinski definition) is 1. The van der Waals surface area contributed by atoms with Crippen molar-refractivity contribution >= 4 is 43.8 Å². The van der Waals surface area contributed by atoms with E-state index in [4.69, 9.17) is 4.42 Å². The van der Waals surface area contributed by atoms with Crippen LogP contribution in [0, 0.1) is 0 Å². The van der Waals surface area contributed by atoms with Gasteiger partial charge in [-0.15, -0.1) is 0 Å². The van der Waals surface area contributed by atoms with Crippen molar-refractivity contribution in [3.05, 3.63) is 64.1 Å². The molecule has 4 aromatic rings. The maximum absolute atomic E-state index is 11.9. The van der Waals surface area contributed by atoms with Crippen LogP contribution < -0.4 is 0 Å². The molecule has 0 aliphatic heterocycles. The van der Waals surface area contributed by atoms with Crippen molar-refractivity contribution in [2.24, 2.45) is 0 Å². The summed E-state index contributed by atoms with van der Waals surface area (Å²) in [4.78, 5) is 16.5. The molecule has 2 heterocycles. The number of carboxylic acids is 1. The van der Waals surface area contributed by atoms with Gasteiger partial charge in [-0.2, -0.15) is 0 Å². The number of aromatic nitrogens is 1. The second-order valence-corrected chi connectivity index (χ2v) is 7.52. The molecule has 5 heteroatoms. The maximum Gasteiger partial charge on any atom is 0.336 e. The molecular formula is C22H18BrNO3. The number of hydrogen-bond acceptors (Lipinski definition) is 3. The topological polar surface area (TPSA) is 63.3 Å². The van der Waals surface area contributed by atoms with E-state index < -0.39 is 5.97 Å². The number of unbranched alkanes of at least 4 members (excludes halogenated alkanes) is 1. The summed E-state index contributed by atoms with van der Waals surface area (Å²) in [5, 5.41) is 11.3. The van der Waals surface area contributed by atoms with Crippen molar-refractivity contribution in [1.29, 1.82) is 0 Å². The summed E-state index contributed by atoms with van der Waals surface area (Å²) >= 11 is 3.45. The molecule has 4 rings (SSSR count). The predicted octanol–water partition coefficient (Wildman–Crippen LogP) is 6.45. The Morgan fingerprint density at radius 1 is 1.15 bits per heavy atom. The molecule has 4 nitrogen and oxygen atoms in total. The van der Waals surface area contributed by atoms with Crippen LogP contribution in [0.5, 0.6) is 0 Å². The average Bonchev–Trinajstić information content (AvgIpc) is 3.08. The van der Waals surface area contributed by atoms with Gasteiger partial charge in [0.1, 0.15) is 11.3 Å². The van der Waals surface area contributed by atoms with E-state index in [0.29, 0.717) is 22.4 Å². The molecule has 0 amide bonds. The molecule has 0 bridgehead atoms. The highest BCUT2D eigenvalue weighted by molar-refractivity contribution is 9.10. The van der Waals surface area contributed by atoms with Gasteiger partial charge in [0, 0.05) is 15.2 Å². The number of benzene rings is 2. The van der Waals surface area contributed by atoms with Crippen molar-refractivity contribution in [1.82, 2.24) is 4.98 Å². The molecule has 1 N–H and O–H groups in total. The van der Waals surface area contributed by atoms with E-state index in [2.05, 4.69) is 27.8 Å². The summed E-state index contributed by atoms with van der Waals surface area (Å²) < 4.78 is 6.85. The molecule has 0 aliphatic carbocycles. The Bertz CT molecular complexity index is 1160. The van der Waals surface area contributed by atoms with Crippen LogP contribution in [-0.4, -0.2) is 16.1 Å². The van der Waals surface area contributed by atoms with Crippen LogP contribution in [0.3, 0.4) is 0 Å². The van der Waals surface area contributed by atoms with Crippen LogP contribution >= 0.6 is 15.9 Å². The Labute approximate surface area is 165 Å². The van der Waals surface area contributed by atoms with E-state index in [1.165, 1.54) is 0 Å². The summed E-state index contributed by atoms with van der Waals surface area (Å²) in [6, 6.07) is 15.1. The summed E-state index contributed by atoms with van der Waals surface area (Å²) in [5.74, 6) is -0.405. The number of nitrogens with zero attached hydrogens (tertiary/aromatic N) is 1. The van der Waals surface area contributed by atoms with Gasteiger partial charge in [-0.25, -0.2) is 9.78 Å². The molecule has 0 spiro atoms. The first-order valence-corrected chi connectivity index (χ1v) is 9.71. The molecule has 0 atom stereocenters. The molecule has 2 aromatic heterocycles. The fraction of sp³-hybridized carbons (Fsp3) is 0.182. The van der Waals surface area contributed by atoms with Gasteiger partial charge in [0.15, 0.2) is 5.76 Å². The lowest BCUT2D eigenvalue weighted by atomic mass is 10.0. The highest BCUT2D eigenvalue weighted by Gasteiger charge is 2.16. The number of furan rings is 1. The number of rotatable bonds is 5. The van der Waals surface area contributed by atoms with Gasteiger partial charge in [-0.1, -0.05) is 35.3 Å². The molecule has 0 unspecified atom stereocenters. The minimum Gasteiger partial charge on any atom is -0.478 e. The quantitative estimate of drug-likeness (QED) is 0.400. The van der Waals surface area contributed by atoms with Crippen molar-refractivity contribution in [3.8, 4) is 11.5 Å². The second-order valence-electron chi connectivity index (χ2n) is 6.61. The third-order valence-electron chi connectivity index (χ3n) is 4.65. The highest BCUT2D eigenvalue weighted by Crippen LogP contribution is 2.31. The third kappa shape index (κ3) is 3.47. The smallest absolute Gasteiger partial charge is 0.336 e. The van der Waals surface area contributed by atoms with E-state index in [0.717, 1.165) is 40.3 Å². The number of fused-ring (bicyclic) bond motifs is 2. The standard InChI is InChI=1S/C22H18BrNO3/c1-2-3-4-13-5-7-18-16(9-13)17(22(25)26)12-19(24-18)21-11-14-10-15(23)6-8-20(14)27-21/h5-12H,2-4H2,1H3,(H,25,26). The van der Waals surface area contributed by atoms with Crippen LogP contribution in [0.1, 0.15) is 35.7 Å². The van der Waals surface area contributed by atoms with Gasteiger partial charge >= 0.3 is 5.97 Å². The first-order valence-electron chi connectivity index (χ1n) is 8.91. The van der Waals surface area contributed by atoms with Crippen molar-refractivity contribution in [2.45, 2.75) is 26.2 Å². The van der Waals surface area contributed by atoms with Gasteiger partial charge in [0.2, 0.25) is 0 Å².